The summed E-state index contributed by atoms with van der Waals surface area (Å²) in [6, 6.07) is 15.6. The van der Waals surface area contributed by atoms with E-state index in [-0.39, 0.29) is 16.5 Å². The van der Waals surface area contributed by atoms with Crippen LogP contribution in [0, 0.1) is 21.4 Å². The fourth-order valence-electron chi connectivity index (χ4n) is 2.71. The Labute approximate surface area is 193 Å². The van der Waals surface area contributed by atoms with Gasteiger partial charge in [0.15, 0.2) is 0 Å². The molecule has 0 fully saturated rings. The van der Waals surface area contributed by atoms with E-state index in [1.807, 2.05) is 0 Å². The van der Waals surface area contributed by atoms with Crippen molar-refractivity contribution in [2.24, 2.45) is 0 Å². The molecule has 0 bridgehead atoms. The van der Waals surface area contributed by atoms with E-state index in [0.29, 0.717) is 28.8 Å². The number of halogens is 5. The minimum absolute atomic E-state index is 0.00817. The molecule has 32 heavy (non-hydrogen) atoms. The smallest absolute Gasteiger partial charge is 0.416 e. The molecule has 162 valence electrons. The van der Waals surface area contributed by atoms with Crippen LogP contribution in [-0.2, 0) is 6.18 Å². The van der Waals surface area contributed by atoms with E-state index < -0.39 is 22.4 Å². The number of nitro groups is 1. The van der Waals surface area contributed by atoms with Crippen molar-refractivity contribution < 1.29 is 22.8 Å². The summed E-state index contributed by atoms with van der Waals surface area (Å²) in [6.45, 7) is 0. The molecular weight excluding hydrogens is 513 g/mol. The van der Waals surface area contributed by atoms with Crippen molar-refractivity contribution in [3.8, 4) is 17.6 Å². The summed E-state index contributed by atoms with van der Waals surface area (Å²) in [4.78, 5) is 10.3. The summed E-state index contributed by atoms with van der Waals surface area (Å²) < 4.78 is 44.9. The number of nitro benzene ring substituents is 1. The number of allylic oxidation sites excluding steroid dienone is 1. The fraction of sp³-hybridized carbons (Fsp3) is 0.0455. The third kappa shape index (κ3) is 5.46. The molecule has 0 saturated carbocycles. The van der Waals surface area contributed by atoms with Crippen molar-refractivity contribution in [1.29, 1.82) is 5.26 Å². The third-order valence-electron chi connectivity index (χ3n) is 4.25. The molecule has 0 aliphatic carbocycles. The van der Waals surface area contributed by atoms with Crippen molar-refractivity contribution in [3.63, 3.8) is 0 Å². The zero-order chi connectivity index (χ0) is 23.5. The summed E-state index contributed by atoms with van der Waals surface area (Å²) in [7, 11) is 0. The van der Waals surface area contributed by atoms with Crippen LogP contribution in [-0.4, -0.2) is 4.92 Å². The van der Waals surface area contributed by atoms with Gasteiger partial charge in [0.25, 0.3) is 0 Å². The maximum atomic E-state index is 12.9. The van der Waals surface area contributed by atoms with E-state index in [1.165, 1.54) is 12.1 Å². The zero-order valence-electron chi connectivity index (χ0n) is 15.9. The van der Waals surface area contributed by atoms with Crippen molar-refractivity contribution >= 4 is 44.9 Å². The molecule has 3 aromatic rings. The topological polar surface area (TPSA) is 76.2 Å². The van der Waals surface area contributed by atoms with Crippen LogP contribution in [0.15, 0.2) is 65.1 Å². The number of hydrogen-bond donors (Lipinski definition) is 0. The number of nitrogens with zero attached hydrogens (tertiary/aromatic N) is 2. The predicted molar refractivity (Wildman–Crippen MR) is 117 cm³/mol. The second-order valence-electron chi connectivity index (χ2n) is 6.41. The van der Waals surface area contributed by atoms with Crippen molar-refractivity contribution in [3.05, 3.63) is 97.0 Å². The molecule has 0 atom stereocenters. The molecular formula is C22H11BrClF3N2O3. The van der Waals surface area contributed by atoms with Crippen LogP contribution in [0.2, 0.25) is 5.02 Å². The quantitative estimate of drug-likeness (QED) is 0.147. The Hall–Kier alpha value is -3.35. The van der Waals surface area contributed by atoms with Crippen molar-refractivity contribution in [2.45, 2.75) is 6.18 Å². The van der Waals surface area contributed by atoms with Crippen LogP contribution in [0.1, 0.15) is 16.7 Å². The van der Waals surface area contributed by atoms with Gasteiger partial charge >= 0.3 is 11.9 Å². The second kappa shape index (κ2) is 9.42. The molecule has 0 saturated heterocycles. The molecule has 0 radical (unpaired) electrons. The monoisotopic (exact) mass is 522 g/mol. The summed E-state index contributed by atoms with van der Waals surface area (Å²) in [5.74, 6) is -0.380. The van der Waals surface area contributed by atoms with E-state index in [1.54, 1.807) is 36.4 Å². The molecule has 0 amide bonds. The van der Waals surface area contributed by atoms with Crippen LogP contribution < -0.4 is 4.74 Å². The number of hydrogen-bond acceptors (Lipinski definition) is 4. The van der Waals surface area contributed by atoms with Gasteiger partial charge in [-0.2, -0.15) is 18.4 Å². The molecule has 0 spiro atoms. The Bertz CT molecular complexity index is 1250. The molecule has 0 aliphatic heterocycles. The van der Waals surface area contributed by atoms with Gasteiger partial charge in [-0.25, -0.2) is 0 Å². The standard InChI is InChI=1S/C22H11BrClF3N2O3/c23-17-5-2-14(3-6-17)15(12-28)9-13-1-7-20(18(24)10-13)32-21-8-4-16(22(25,26)27)11-19(21)29(30)31/h1-11H/b15-9-. The minimum atomic E-state index is -4.73. The lowest BCUT2D eigenvalue weighted by atomic mass is 10.0. The van der Waals surface area contributed by atoms with Gasteiger partial charge in [0.2, 0.25) is 5.75 Å². The van der Waals surface area contributed by atoms with Gasteiger partial charge in [-0.05, 0) is 53.6 Å². The van der Waals surface area contributed by atoms with Crippen molar-refractivity contribution in [2.75, 3.05) is 0 Å². The highest BCUT2D eigenvalue weighted by Gasteiger charge is 2.33. The van der Waals surface area contributed by atoms with Crippen LogP contribution in [0.5, 0.6) is 11.5 Å². The number of alkyl halides is 3. The fourth-order valence-corrected chi connectivity index (χ4v) is 3.20. The third-order valence-corrected chi connectivity index (χ3v) is 5.07. The highest BCUT2D eigenvalue weighted by Crippen LogP contribution is 2.39. The Morgan fingerprint density at radius 1 is 1.09 bits per heavy atom. The molecule has 0 aliphatic rings. The first-order valence-corrected chi connectivity index (χ1v) is 9.96. The lowest BCUT2D eigenvalue weighted by molar-refractivity contribution is -0.385. The van der Waals surface area contributed by atoms with E-state index >= 15 is 0 Å². The summed E-state index contributed by atoms with van der Waals surface area (Å²) >= 11 is 9.54. The average molecular weight is 524 g/mol. The number of nitriles is 1. The molecule has 0 aromatic heterocycles. The summed E-state index contributed by atoms with van der Waals surface area (Å²) in [5.41, 5.74) is -0.390. The molecule has 10 heteroatoms. The van der Waals surface area contributed by atoms with Gasteiger partial charge in [-0.15, -0.1) is 0 Å². The van der Waals surface area contributed by atoms with E-state index in [4.69, 9.17) is 16.3 Å². The van der Waals surface area contributed by atoms with Crippen molar-refractivity contribution in [1.82, 2.24) is 0 Å². The van der Waals surface area contributed by atoms with Gasteiger partial charge in [-0.1, -0.05) is 45.7 Å². The summed E-state index contributed by atoms with van der Waals surface area (Å²) in [6.07, 6.45) is -3.14. The maximum absolute atomic E-state index is 12.9. The molecule has 3 aromatic carbocycles. The van der Waals surface area contributed by atoms with Crippen LogP contribution >= 0.6 is 27.5 Å². The van der Waals surface area contributed by atoms with Gasteiger partial charge in [0, 0.05) is 10.5 Å². The largest absolute Gasteiger partial charge is 0.449 e. The van der Waals surface area contributed by atoms with Gasteiger partial charge in [0.05, 0.1) is 27.2 Å². The Kier molecular flexibility index (Phi) is 6.87. The lowest BCUT2D eigenvalue weighted by Crippen LogP contribution is -2.06. The maximum Gasteiger partial charge on any atom is 0.416 e. The molecule has 0 N–H and O–H groups in total. The molecule has 0 unspecified atom stereocenters. The second-order valence-corrected chi connectivity index (χ2v) is 7.73. The van der Waals surface area contributed by atoms with E-state index in [9.17, 15) is 28.5 Å². The zero-order valence-corrected chi connectivity index (χ0v) is 18.2. The highest BCUT2D eigenvalue weighted by molar-refractivity contribution is 9.10. The predicted octanol–water partition coefficient (Wildman–Crippen LogP) is 7.89. The SMILES string of the molecule is N#C/C(=C/c1ccc(Oc2ccc(C(F)(F)F)cc2[N+](=O)[O-])c(Cl)c1)c1ccc(Br)cc1. The number of benzene rings is 3. The Balaban J connectivity index is 1.91. The first-order valence-electron chi connectivity index (χ1n) is 8.79. The minimum Gasteiger partial charge on any atom is -0.449 e. The first-order chi connectivity index (χ1) is 15.1. The van der Waals surface area contributed by atoms with Gasteiger partial charge in [-0.3, -0.25) is 10.1 Å². The number of ether oxygens (including phenoxy) is 1. The summed E-state index contributed by atoms with van der Waals surface area (Å²) in [5, 5.41) is 20.7. The average Bonchev–Trinajstić information content (AvgIpc) is 2.74. The van der Waals surface area contributed by atoms with Crippen LogP contribution in [0.25, 0.3) is 11.6 Å². The molecule has 5 nitrogen and oxygen atoms in total. The number of rotatable bonds is 5. The lowest BCUT2D eigenvalue weighted by Gasteiger charge is -2.11. The Morgan fingerprint density at radius 2 is 1.75 bits per heavy atom. The normalized spacial score (nSPS) is 11.7. The molecule has 3 rings (SSSR count). The van der Waals surface area contributed by atoms with E-state index in [2.05, 4.69) is 22.0 Å². The van der Waals surface area contributed by atoms with Gasteiger partial charge in [0.1, 0.15) is 5.75 Å². The molecule has 0 heterocycles. The van der Waals surface area contributed by atoms with E-state index in [0.717, 1.165) is 10.5 Å². The van der Waals surface area contributed by atoms with Crippen LogP contribution in [0.3, 0.4) is 0 Å². The highest BCUT2D eigenvalue weighted by atomic mass is 79.9. The Morgan fingerprint density at radius 3 is 2.31 bits per heavy atom. The van der Waals surface area contributed by atoms with Crippen LogP contribution in [0.4, 0.5) is 18.9 Å². The van der Waals surface area contributed by atoms with Gasteiger partial charge < -0.3 is 4.74 Å². The first kappa shape index (κ1) is 23.3.